The molecular formula is C58H43N. The zero-order valence-corrected chi connectivity index (χ0v) is 33.4. The van der Waals surface area contributed by atoms with E-state index >= 15 is 0 Å². The molecule has 4 aliphatic carbocycles. The molecule has 0 saturated heterocycles. The largest absolute Gasteiger partial charge is 0.310 e. The Balaban J connectivity index is 1.14. The van der Waals surface area contributed by atoms with Crippen LogP contribution in [-0.4, -0.2) is 0 Å². The molecule has 0 aliphatic heterocycles. The van der Waals surface area contributed by atoms with Crippen molar-refractivity contribution in [3.05, 3.63) is 256 Å². The predicted molar refractivity (Wildman–Crippen MR) is 245 cm³/mol. The summed E-state index contributed by atoms with van der Waals surface area (Å²) in [6, 6.07) is 72.7. The van der Waals surface area contributed by atoms with Crippen LogP contribution in [0.3, 0.4) is 0 Å². The Hall–Kier alpha value is -6.96. The van der Waals surface area contributed by atoms with Gasteiger partial charge in [-0.05, 0) is 109 Å². The van der Waals surface area contributed by atoms with Gasteiger partial charge in [-0.25, -0.2) is 0 Å². The van der Waals surface area contributed by atoms with Gasteiger partial charge in [-0.1, -0.05) is 196 Å². The van der Waals surface area contributed by atoms with E-state index in [1.807, 2.05) is 0 Å². The maximum atomic E-state index is 2.58. The Morgan fingerprint density at radius 1 is 0.458 bits per heavy atom. The monoisotopic (exact) mass is 753 g/mol. The molecule has 0 amide bonds. The first kappa shape index (κ1) is 34.1. The lowest BCUT2D eigenvalue weighted by atomic mass is 9.70. The van der Waals surface area contributed by atoms with Gasteiger partial charge in [0.2, 0.25) is 0 Å². The van der Waals surface area contributed by atoms with Crippen molar-refractivity contribution in [2.75, 3.05) is 4.90 Å². The highest BCUT2D eigenvalue weighted by Crippen LogP contribution is 2.63. The van der Waals surface area contributed by atoms with Crippen LogP contribution >= 0.6 is 0 Å². The molecule has 0 N–H and O–H groups in total. The van der Waals surface area contributed by atoms with Crippen molar-refractivity contribution in [3.8, 4) is 33.4 Å². The summed E-state index contributed by atoms with van der Waals surface area (Å²) in [6.07, 6.45) is 5.93. The van der Waals surface area contributed by atoms with E-state index in [9.17, 15) is 0 Å². The van der Waals surface area contributed by atoms with Crippen LogP contribution in [0.5, 0.6) is 0 Å². The van der Waals surface area contributed by atoms with Crippen molar-refractivity contribution in [2.24, 2.45) is 0 Å². The molecule has 0 aromatic heterocycles. The third-order valence-corrected chi connectivity index (χ3v) is 13.8. The fourth-order valence-electron chi connectivity index (χ4n) is 11.3. The van der Waals surface area contributed by atoms with Crippen LogP contribution < -0.4 is 4.90 Å². The molecule has 1 atom stereocenters. The molecule has 59 heavy (non-hydrogen) atoms. The van der Waals surface area contributed by atoms with Crippen LogP contribution in [0.25, 0.3) is 39.0 Å². The van der Waals surface area contributed by atoms with Crippen LogP contribution in [0.4, 0.5) is 11.4 Å². The number of allylic oxidation sites excluding steroid dienone is 3. The minimum atomic E-state index is -0.387. The van der Waals surface area contributed by atoms with Crippen LogP contribution in [0, 0.1) is 0 Å². The minimum Gasteiger partial charge on any atom is -0.310 e. The van der Waals surface area contributed by atoms with Gasteiger partial charge < -0.3 is 4.90 Å². The van der Waals surface area contributed by atoms with Crippen LogP contribution in [0.15, 0.2) is 212 Å². The summed E-state index contributed by atoms with van der Waals surface area (Å²) in [5, 5.41) is 0. The molecule has 1 nitrogen and oxygen atoms in total. The highest BCUT2D eigenvalue weighted by Gasteiger charge is 2.51. The summed E-state index contributed by atoms with van der Waals surface area (Å²) in [7, 11) is 0. The average molecular weight is 754 g/mol. The maximum Gasteiger partial charge on any atom is 0.0725 e. The topological polar surface area (TPSA) is 3.24 Å². The molecule has 1 heteroatoms. The Kier molecular flexibility index (Phi) is 7.38. The zero-order chi connectivity index (χ0) is 39.3. The maximum absolute atomic E-state index is 2.58. The molecule has 8 aromatic rings. The standard InChI is InChI=1S/C58H43N/c1-57(2)49-26-13-12-25-47(49)56-54(57)30-17-31-55(56)59(43-35-40(38-18-5-3-6-19-38)34-41(36-43)39-20-7-4-8-21-39)42-32-33-53-48(37-42)46-24-11-16-29-52(46)58(53)50-27-14-9-22-44(50)45-23-10-15-28-51(45)58/h3-33,35-37,40H,34H2,1-2H3. The molecule has 8 aromatic carbocycles. The Labute approximate surface area is 347 Å². The lowest BCUT2D eigenvalue weighted by Crippen LogP contribution is -2.26. The first-order valence-corrected chi connectivity index (χ1v) is 21.0. The first-order valence-electron chi connectivity index (χ1n) is 21.0. The van der Waals surface area contributed by atoms with E-state index in [0.29, 0.717) is 0 Å². The van der Waals surface area contributed by atoms with Gasteiger partial charge in [0.1, 0.15) is 0 Å². The highest BCUT2D eigenvalue weighted by atomic mass is 15.2. The fraction of sp³-hybridized carbons (Fsp3) is 0.103. The lowest BCUT2D eigenvalue weighted by Gasteiger charge is -2.34. The minimum absolute atomic E-state index is 0.126. The molecular weight excluding hydrogens is 711 g/mol. The quantitative estimate of drug-likeness (QED) is 0.169. The SMILES string of the molecule is CC1(C)c2ccccc2-c2c(N(C3=CC(c4ccccc4)CC(c4ccccc4)=C3)c3ccc4c(c3)-c3ccccc3C43c4ccccc4-c4ccccc43)cccc21. The van der Waals surface area contributed by atoms with Gasteiger partial charge in [0.25, 0.3) is 0 Å². The van der Waals surface area contributed by atoms with E-state index in [1.54, 1.807) is 0 Å². The Morgan fingerprint density at radius 3 is 1.64 bits per heavy atom. The molecule has 0 saturated carbocycles. The predicted octanol–water partition coefficient (Wildman–Crippen LogP) is 14.6. The summed E-state index contributed by atoms with van der Waals surface area (Å²) in [4.78, 5) is 2.58. The lowest BCUT2D eigenvalue weighted by molar-refractivity contribution is 0.660. The van der Waals surface area contributed by atoms with Gasteiger partial charge in [-0.3, -0.25) is 0 Å². The molecule has 1 unspecified atom stereocenters. The number of benzene rings is 8. The third kappa shape index (κ3) is 4.79. The van der Waals surface area contributed by atoms with Crippen molar-refractivity contribution in [3.63, 3.8) is 0 Å². The van der Waals surface area contributed by atoms with Crippen molar-refractivity contribution in [1.29, 1.82) is 0 Å². The van der Waals surface area contributed by atoms with E-state index in [2.05, 4.69) is 225 Å². The molecule has 4 aliphatic rings. The van der Waals surface area contributed by atoms with Crippen LogP contribution in [0.1, 0.15) is 70.7 Å². The summed E-state index contributed by atoms with van der Waals surface area (Å²) in [6.45, 7) is 4.77. The van der Waals surface area contributed by atoms with Gasteiger partial charge in [0.15, 0.2) is 0 Å². The second-order valence-corrected chi connectivity index (χ2v) is 17.2. The number of hydrogen-bond acceptors (Lipinski definition) is 1. The number of fused-ring (bicyclic) bond motifs is 13. The van der Waals surface area contributed by atoms with E-state index in [1.165, 1.54) is 94.8 Å². The zero-order valence-electron chi connectivity index (χ0n) is 33.4. The number of nitrogens with zero attached hydrogens (tertiary/aromatic N) is 1. The first-order chi connectivity index (χ1) is 29.0. The normalized spacial score (nSPS) is 16.9. The summed E-state index contributed by atoms with van der Waals surface area (Å²) in [5.41, 5.74) is 23.1. The van der Waals surface area contributed by atoms with E-state index < -0.39 is 0 Å². The average Bonchev–Trinajstić information content (AvgIpc) is 3.86. The highest BCUT2D eigenvalue weighted by molar-refractivity contribution is 5.98. The molecule has 0 fully saturated rings. The van der Waals surface area contributed by atoms with Gasteiger partial charge in [0, 0.05) is 28.3 Å². The smallest absolute Gasteiger partial charge is 0.0725 e. The second kappa shape index (κ2) is 12.8. The van der Waals surface area contributed by atoms with Gasteiger partial charge in [-0.2, -0.15) is 0 Å². The Bertz CT molecular complexity index is 3010. The molecule has 12 rings (SSSR count). The van der Waals surface area contributed by atoms with E-state index in [-0.39, 0.29) is 16.7 Å². The van der Waals surface area contributed by atoms with Crippen LogP contribution in [-0.2, 0) is 10.8 Å². The fourth-order valence-corrected chi connectivity index (χ4v) is 11.3. The molecule has 0 bridgehead atoms. The van der Waals surface area contributed by atoms with Crippen molar-refractivity contribution < 1.29 is 0 Å². The molecule has 0 heterocycles. The summed E-state index contributed by atoms with van der Waals surface area (Å²) >= 11 is 0. The number of rotatable bonds is 5. The Morgan fingerprint density at radius 2 is 0.983 bits per heavy atom. The summed E-state index contributed by atoms with van der Waals surface area (Å²) in [5.74, 6) is 0.208. The van der Waals surface area contributed by atoms with E-state index in [0.717, 1.165) is 12.1 Å². The summed E-state index contributed by atoms with van der Waals surface area (Å²) < 4.78 is 0. The van der Waals surface area contributed by atoms with Crippen molar-refractivity contribution in [1.82, 2.24) is 0 Å². The van der Waals surface area contributed by atoms with E-state index in [4.69, 9.17) is 0 Å². The molecule has 1 spiro atoms. The molecule has 0 radical (unpaired) electrons. The van der Waals surface area contributed by atoms with Gasteiger partial charge in [0.05, 0.1) is 11.1 Å². The van der Waals surface area contributed by atoms with Crippen LogP contribution in [0.2, 0.25) is 0 Å². The number of hydrogen-bond donors (Lipinski definition) is 0. The second-order valence-electron chi connectivity index (χ2n) is 17.2. The third-order valence-electron chi connectivity index (χ3n) is 13.8. The number of anilines is 2. The molecule has 280 valence electrons. The van der Waals surface area contributed by atoms with Gasteiger partial charge in [-0.15, -0.1) is 0 Å². The van der Waals surface area contributed by atoms with Gasteiger partial charge >= 0.3 is 0 Å². The van der Waals surface area contributed by atoms with Crippen molar-refractivity contribution in [2.45, 2.75) is 37.0 Å². The van der Waals surface area contributed by atoms with Crippen molar-refractivity contribution >= 4 is 16.9 Å².